The largest absolute Gasteiger partial charge is 0.481 e. The Hall–Kier alpha value is -1.85. The molecule has 6 heteroatoms. The lowest BCUT2D eigenvalue weighted by Crippen LogP contribution is -2.39. The highest BCUT2D eigenvalue weighted by Gasteiger charge is 2.67. The second-order valence-electron chi connectivity index (χ2n) is 9.82. The van der Waals surface area contributed by atoms with E-state index < -0.39 is 35.0 Å². The van der Waals surface area contributed by atoms with Crippen molar-refractivity contribution in [2.75, 3.05) is 0 Å². The fourth-order valence-electron chi connectivity index (χ4n) is 4.90. The number of aliphatic carboxylic acids is 1. The van der Waals surface area contributed by atoms with Gasteiger partial charge in [-0.1, -0.05) is 27.7 Å². The van der Waals surface area contributed by atoms with Gasteiger partial charge in [-0.3, -0.25) is 9.59 Å². The third kappa shape index (κ3) is 3.63. The number of hydrogen-bond donors (Lipinski definition) is 1. The molecule has 3 rings (SSSR count). The Morgan fingerprint density at radius 2 is 1.96 bits per heavy atom. The summed E-state index contributed by atoms with van der Waals surface area (Å²) >= 11 is 0. The molecule has 2 fully saturated rings. The molecule has 2 aliphatic heterocycles. The molecule has 1 aliphatic carbocycles. The molecule has 0 spiro atoms. The van der Waals surface area contributed by atoms with Crippen LogP contribution in [0.5, 0.6) is 0 Å². The summed E-state index contributed by atoms with van der Waals surface area (Å²) in [6, 6.07) is 0. The van der Waals surface area contributed by atoms with E-state index in [1.54, 1.807) is 13.0 Å². The molecule has 1 saturated carbocycles. The first kappa shape index (κ1) is 19.9. The Kier molecular flexibility index (Phi) is 4.68. The molecule has 3 aliphatic rings. The van der Waals surface area contributed by atoms with Crippen LogP contribution in [-0.2, 0) is 23.9 Å². The van der Waals surface area contributed by atoms with E-state index in [0.717, 1.165) is 12.8 Å². The highest BCUT2D eigenvalue weighted by molar-refractivity contribution is 5.91. The predicted octanol–water partition coefficient (Wildman–Crippen LogP) is 3.49. The van der Waals surface area contributed by atoms with Gasteiger partial charge in [0, 0.05) is 12.0 Å². The van der Waals surface area contributed by atoms with Crippen molar-refractivity contribution in [1.29, 1.82) is 0 Å². The van der Waals surface area contributed by atoms with E-state index in [2.05, 4.69) is 27.7 Å². The molecule has 0 aromatic carbocycles. The van der Waals surface area contributed by atoms with E-state index in [4.69, 9.17) is 9.47 Å². The number of carboxylic acid groups (broad SMARTS) is 1. The maximum absolute atomic E-state index is 13.2. The highest BCUT2D eigenvalue weighted by atomic mass is 16.6. The van der Waals surface area contributed by atoms with E-state index in [-0.39, 0.29) is 30.6 Å². The van der Waals surface area contributed by atoms with Crippen molar-refractivity contribution in [2.45, 2.75) is 78.4 Å². The number of esters is 2. The second-order valence-corrected chi connectivity index (χ2v) is 9.82. The molecule has 1 saturated heterocycles. The Balaban J connectivity index is 1.85. The topological polar surface area (TPSA) is 89.9 Å². The number of ether oxygens (including phenoxy) is 2. The third-order valence-corrected chi connectivity index (χ3v) is 6.40. The number of carbonyl (C=O) groups is 3. The van der Waals surface area contributed by atoms with Crippen molar-refractivity contribution in [1.82, 2.24) is 0 Å². The Morgan fingerprint density at radius 1 is 1.33 bits per heavy atom. The minimum atomic E-state index is -0.963. The number of rotatable bonds is 5. The number of carbonyl (C=O) groups excluding carboxylic acids is 2. The Labute approximate surface area is 160 Å². The van der Waals surface area contributed by atoms with Gasteiger partial charge < -0.3 is 14.6 Å². The molecule has 2 heterocycles. The average molecular weight is 378 g/mol. The standard InChI is InChI=1S/C21H30O6/c1-12(2)8-21(11-19(21,3)4)18(25)27-20(5)9-14-6-13(16(22)23)7-15(10-20)26-17(14)24/h9,12-13,15H,6-8,10-11H2,1-5H3,(H,22,23). The monoisotopic (exact) mass is 378 g/mol. The molecule has 0 radical (unpaired) electrons. The van der Waals surface area contributed by atoms with Crippen LogP contribution < -0.4 is 0 Å². The molecule has 27 heavy (non-hydrogen) atoms. The first-order valence-electron chi connectivity index (χ1n) is 9.76. The molecule has 0 amide bonds. The van der Waals surface area contributed by atoms with Crippen LogP contribution in [0.15, 0.2) is 11.6 Å². The van der Waals surface area contributed by atoms with E-state index in [9.17, 15) is 19.5 Å². The normalized spacial score (nSPS) is 37.1. The van der Waals surface area contributed by atoms with Gasteiger partial charge in [0.1, 0.15) is 11.7 Å². The zero-order valence-corrected chi connectivity index (χ0v) is 16.8. The summed E-state index contributed by atoms with van der Waals surface area (Å²) in [5, 5.41) is 9.36. The van der Waals surface area contributed by atoms with Crippen LogP contribution in [-0.4, -0.2) is 34.7 Å². The zero-order chi connectivity index (χ0) is 20.2. The number of fused-ring (bicyclic) bond motifs is 3. The molecule has 150 valence electrons. The highest BCUT2D eigenvalue weighted by Crippen LogP contribution is 2.67. The molecule has 6 nitrogen and oxygen atoms in total. The van der Waals surface area contributed by atoms with Gasteiger partial charge in [0.25, 0.3) is 0 Å². The van der Waals surface area contributed by atoms with Gasteiger partial charge in [0.2, 0.25) is 0 Å². The van der Waals surface area contributed by atoms with Crippen LogP contribution >= 0.6 is 0 Å². The molecule has 4 unspecified atom stereocenters. The van der Waals surface area contributed by atoms with E-state index in [1.165, 1.54) is 0 Å². The van der Waals surface area contributed by atoms with Crippen molar-refractivity contribution in [3.63, 3.8) is 0 Å². The van der Waals surface area contributed by atoms with Gasteiger partial charge in [-0.05, 0) is 50.0 Å². The SMILES string of the molecule is CC(C)CC1(C(=O)OC2(C)C=C3CC(C(=O)O)CC(C2)OC3=O)CC1(C)C. The molecule has 0 aromatic rings. The average Bonchev–Trinajstić information content (AvgIpc) is 3.10. The van der Waals surface area contributed by atoms with Crippen LogP contribution in [0.3, 0.4) is 0 Å². The fraction of sp³-hybridized carbons (Fsp3) is 0.762. The minimum Gasteiger partial charge on any atom is -0.481 e. The summed E-state index contributed by atoms with van der Waals surface area (Å²) in [6.45, 7) is 10.2. The quantitative estimate of drug-likeness (QED) is 0.737. The predicted molar refractivity (Wildman–Crippen MR) is 97.7 cm³/mol. The maximum Gasteiger partial charge on any atom is 0.334 e. The van der Waals surface area contributed by atoms with Gasteiger partial charge in [0.05, 0.1) is 11.3 Å². The van der Waals surface area contributed by atoms with E-state index in [1.807, 2.05) is 0 Å². The Bertz CT molecular complexity index is 705. The summed E-state index contributed by atoms with van der Waals surface area (Å²) in [5.41, 5.74) is -1.25. The zero-order valence-electron chi connectivity index (χ0n) is 16.8. The van der Waals surface area contributed by atoms with Crippen molar-refractivity contribution < 1.29 is 29.0 Å². The van der Waals surface area contributed by atoms with Crippen LogP contribution in [0.1, 0.15) is 66.7 Å². The van der Waals surface area contributed by atoms with Crippen LogP contribution in [0, 0.1) is 22.7 Å². The smallest absolute Gasteiger partial charge is 0.334 e. The van der Waals surface area contributed by atoms with Crippen LogP contribution in [0.2, 0.25) is 0 Å². The fourth-order valence-corrected chi connectivity index (χ4v) is 4.90. The van der Waals surface area contributed by atoms with Gasteiger partial charge in [-0.25, -0.2) is 4.79 Å². The van der Waals surface area contributed by atoms with Gasteiger partial charge >= 0.3 is 17.9 Å². The van der Waals surface area contributed by atoms with E-state index >= 15 is 0 Å². The molecule has 1 N–H and O–H groups in total. The van der Waals surface area contributed by atoms with Crippen LogP contribution in [0.4, 0.5) is 0 Å². The van der Waals surface area contributed by atoms with Crippen LogP contribution in [0.25, 0.3) is 0 Å². The first-order valence-corrected chi connectivity index (χ1v) is 9.76. The summed E-state index contributed by atoms with van der Waals surface area (Å²) in [4.78, 5) is 36.9. The molecule has 2 bridgehead atoms. The number of hydrogen-bond acceptors (Lipinski definition) is 5. The Morgan fingerprint density at radius 3 is 2.48 bits per heavy atom. The van der Waals surface area contributed by atoms with Crippen molar-refractivity contribution in [2.24, 2.45) is 22.7 Å². The van der Waals surface area contributed by atoms with Crippen molar-refractivity contribution in [3.8, 4) is 0 Å². The summed E-state index contributed by atoms with van der Waals surface area (Å²) < 4.78 is 11.4. The molecule has 0 aromatic heterocycles. The lowest BCUT2D eigenvalue weighted by atomic mass is 9.83. The number of carboxylic acids is 1. The third-order valence-electron chi connectivity index (χ3n) is 6.40. The van der Waals surface area contributed by atoms with Gasteiger partial charge in [-0.2, -0.15) is 0 Å². The summed E-state index contributed by atoms with van der Waals surface area (Å²) in [6.07, 6.45) is 3.27. The second kappa shape index (κ2) is 6.35. The molecular formula is C21H30O6. The maximum atomic E-state index is 13.2. The minimum absolute atomic E-state index is 0.0980. The van der Waals surface area contributed by atoms with Gasteiger partial charge in [-0.15, -0.1) is 0 Å². The first-order chi connectivity index (χ1) is 12.4. The molecular weight excluding hydrogens is 348 g/mol. The van der Waals surface area contributed by atoms with Crippen molar-refractivity contribution in [3.05, 3.63) is 11.6 Å². The lowest BCUT2D eigenvalue weighted by molar-refractivity contribution is -0.166. The lowest BCUT2D eigenvalue weighted by Gasteiger charge is -2.33. The summed E-state index contributed by atoms with van der Waals surface area (Å²) in [5.74, 6) is -1.92. The van der Waals surface area contributed by atoms with Crippen molar-refractivity contribution >= 4 is 17.9 Å². The summed E-state index contributed by atoms with van der Waals surface area (Å²) in [7, 11) is 0. The van der Waals surface area contributed by atoms with E-state index in [0.29, 0.717) is 11.5 Å². The molecule has 4 atom stereocenters. The van der Waals surface area contributed by atoms with Gasteiger partial charge in [0.15, 0.2) is 0 Å².